The largest absolute Gasteiger partial charge is 0.472 e. The third-order valence-corrected chi connectivity index (χ3v) is 3.91. The van der Waals surface area contributed by atoms with Gasteiger partial charge in [-0.3, -0.25) is 0 Å². The Labute approximate surface area is 117 Å². The summed E-state index contributed by atoms with van der Waals surface area (Å²) in [6.07, 6.45) is 3.64. The van der Waals surface area contributed by atoms with E-state index >= 15 is 0 Å². The minimum absolute atomic E-state index is 1.17. The topological polar surface area (TPSA) is 13.1 Å². The average Bonchev–Trinajstić information content (AvgIpc) is 2.92. The summed E-state index contributed by atoms with van der Waals surface area (Å²) < 4.78 is 5.36. The molecule has 0 aliphatic heterocycles. The average molecular weight is 258 g/mol. The van der Waals surface area contributed by atoms with Crippen molar-refractivity contribution >= 4 is 21.5 Å². The summed E-state index contributed by atoms with van der Waals surface area (Å²) in [4.78, 5) is 0. The molecule has 4 rings (SSSR count). The monoisotopic (exact) mass is 258 g/mol. The van der Waals surface area contributed by atoms with Crippen LogP contribution in [0.5, 0.6) is 0 Å². The molecule has 0 N–H and O–H groups in total. The van der Waals surface area contributed by atoms with Crippen molar-refractivity contribution in [3.63, 3.8) is 0 Å². The minimum atomic E-state index is 1.17. The van der Waals surface area contributed by atoms with Crippen LogP contribution in [-0.2, 0) is 0 Å². The lowest BCUT2D eigenvalue weighted by molar-refractivity contribution is 0.566. The maximum absolute atomic E-state index is 5.36. The van der Waals surface area contributed by atoms with Gasteiger partial charge in [0.25, 0.3) is 0 Å². The van der Waals surface area contributed by atoms with Gasteiger partial charge in [-0.05, 0) is 45.7 Å². The number of hydrogen-bond donors (Lipinski definition) is 0. The Morgan fingerprint density at radius 1 is 0.700 bits per heavy atom. The molecule has 1 heteroatoms. The normalized spacial score (nSPS) is 11.2. The third kappa shape index (κ3) is 1.56. The summed E-state index contributed by atoms with van der Waals surface area (Å²) in [5, 5.41) is 5.13. The summed E-state index contributed by atoms with van der Waals surface area (Å²) >= 11 is 0. The summed E-state index contributed by atoms with van der Waals surface area (Å²) in [5.41, 5.74) is 3.59. The van der Waals surface area contributed by atoms with Gasteiger partial charge in [-0.25, -0.2) is 0 Å². The van der Waals surface area contributed by atoms with E-state index in [1.54, 1.807) is 6.26 Å². The fraction of sp³-hybridized carbons (Fsp3) is 0.0526. The molecule has 0 bridgehead atoms. The van der Waals surface area contributed by atoms with E-state index in [0.29, 0.717) is 0 Å². The van der Waals surface area contributed by atoms with Crippen LogP contribution >= 0.6 is 0 Å². The van der Waals surface area contributed by atoms with Gasteiger partial charge in [0.05, 0.1) is 12.5 Å². The molecule has 0 aliphatic rings. The van der Waals surface area contributed by atoms with Gasteiger partial charge in [-0.2, -0.15) is 0 Å². The van der Waals surface area contributed by atoms with Crippen molar-refractivity contribution in [3.8, 4) is 11.1 Å². The fourth-order valence-corrected chi connectivity index (χ4v) is 2.91. The lowest BCUT2D eigenvalue weighted by atomic mass is 9.93. The highest BCUT2D eigenvalue weighted by Crippen LogP contribution is 2.36. The van der Waals surface area contributed by atoms with Crippen LogP contribution in [0, 0.1) is 6.92 Å². The van der Waals surface area contributed by atoms with E-state index in [1.165, 1.54) is 38.2 Å². The molecule has 96 valence electrons. The molecule has 0 amide bonds. The van der Waals surface area contributed by atoms with Crippen molar-refractivity contribution in [2.24, 2.45) is 0 Å². The highest BCUT2D eigenvalue weighted by atomic mass is 16.3. The maximum atomic E-state index is 5.36. The quantitative estimate of drug-likeness (QED) is 0.407. The first-order valence-electron chi connectivity index (χ1n) is 6.78. The van der Waals surface area contributed by atoms with E-state index in [-0.39, 0.29) is 0 Å². The number of rotatable bonds is 1. The Bertz CT molecular complexity index is 915. The van der Waals surface area contributed by atoms with Crippen molar-refractivity contribution < 1.29 is 4.42 Å². The second-order valence-electron chi connectivity index (χ2n) is 5.16. The molecule has 0 spiro atoms. The van der Waals surface area contributed by atoms with Crippen molar-refractivity contribution in [2.75, 3.05) is 0 Å². The number of furan rings is 1. The van der Waals surface area contributed by atoms with Gasteiger partial charge in [0.1, 0.15) is 0 Å². The second-order valence-corrected chi connectivity index (χ2v) is 5.16. The Hall–Kier alpha value is -2.54. The molecule has 3 aromatic carbocycles. The number of fused-ring (bicyclic) bond motifs is 3. The minimum Gasteiger partial charge on any atom is -0.472 e. The predicted octanol–water partition coefficient (Wildman–Crippen LogP) is 5.56. The second kappa shape index (κ2) is 4.24. The van der Waals surface area contributed by atoms with Gasteiger partial charge in [-0.1, -0.05) is 48.5 Å². The molecular formula is C19H14O. The maximum Gasteiger partial charge on any atom is 0.0983 e. The lowest BCUT2D eigenvalue weighted by Crippen LogP contribution is -1.84. The summed E-state index contributed by atoms with van der Waals surface area (Å²) in [5.74, 6) is 0. The summed E-state index contributed by atoms with van der Waals surface area (Å²) in [6.45, 7) is 2.09. The molecule has 0 unspecified atom stereocenters. The van der Waals surface area contributed by atoms with Crippen LogP contribution in [-0.4, -0.2) is 0 Å². The highest BCUT2D eigenvalue weighted by molar-refractivity contribution is 6.13. The van der Waals surface area contributed by atoms with E-state index in [9.17, 15) is 0 Å². The SMILES string of the molecule is Cc1cocc1-c1cc2ccccc2c2ccccc12. The third-order valence-electron chi connectivity index (χ3n) is 3.91. The van der Waals surface area contributed by atoms with E-state index in [2.05, 4.69) is 61.5 Å². The molecule has 1 aromatic heterocycles. The van der Waals surface area contributed by atoms with Crippen LogP contribution in [0.15, 0.2) is 71.5 Å². The Kier molecular flexibility index (Phi) is 2.40. The number of benzene rings is 3. The van der Waals surface area contributed by atoms with Gasteiger partial charge in [0.15, 0.2) is 0 Å². The van der Waals surface area contributed by atoms with Crippen LogP contribution in [0.4, 0.5) is 0 Å². The van der Waals surface area contributed by atoms with Crippen LogP contribution in [0.2, 0.25) is 0 Å². The first-order valence-corrected chi connectivity index (χ1v) is 6.78. The standard InChI is InChI=1S/C19H14O/c1-13-11-20-12-19(13)18-10-14-6-2-3-7-15(14)16-8-4-5-9-17(16)18/h2-12H,1H3. The zero-order chi connectivity index (χ0) is 13.5. The van der Waals surface area contributed by atoms with Crippen LogP contribution < -0.4 is 0 Å². The van der Waals surface area contributed by atoms with Gasteiger partial charge >= 0.3 is 0 Å². The first kappa shape index (κ1) is 11.3. The molecule has 1 heterocycles. The van der Waals surface area contributed by atoms with Gasteiger partial charge in [0, 0.05) is 5.56 Å². The molecule has 0 fully saturated rings. The molecule has 0 radical (unpaired) electrons. The molecule has 4 aromatic rings. The van der Waals surface area contributed by atoms with Gasteiger partial charge < -0.3 is 4.42 Å². The zero-order valence-electron chi connectivity index (χ0n) is 11.3. The lowest BCUT2D eigenvalue weighted by Gasteiger charge is -2.10. The smallest absolute Gasteiger partial charge is 0.0983 e. The molecule has 0 saturated carbocycles. The fourth-order valence-electron chi connectivity index (χ4n) is 2.91. The first-order chi connectivity index (χ1) is 9.84. The van der Waals surface area contributed by atoms with E-state index in [4.69, 9.17) is 4.42 Å². The zero-order valence-corrected chi connectivity index (χ0v) is 11.3. The summed E-state index contributed by atoms with van der Waals surface area (Å²) in [6, 6.07) is 19.4. The highest BCUT2D eigenvalue weighted by Gasteiger charge is 2.10. The molecule has 20 heavy (non-hydrogen) atoms. The van der Waals surface area contributed by atoms with E-state index < -0.39 is 0 Å². The van der Waals surface area contributed by atoms with Gasteiger partial charge in [0.2, 0.25) is 0 Å². The number of aryl methyl sites for hydroxylation is 1. The van der Waals surface area contributed by atoms with Crippen molar-refractivity contribution in [1.82, 2.24) is 0 Å². The Balaban J connectivity index is 2.22. The Morgan fingerprint density at radius 3 is 2.15 bits per heavy atom. The van der Waals surface area contributed by atoms with Crippen LogP contribution in [0.1, 0.15) is 5.56 Å². The predicted molar refractivity (Wildman–Crippen MR) is 83.9 cm³/mol. The van der Waals surface area contributed by atoms with E-state index in [0.717, 1.165) is 0 Å². The molecule has 0 atom stereocenters. The van der Waals surface area contributed by atoms with E-state index in [1.807, 2.05) is 6.26 Å². The molecule has 0 saturated heterocycles. The molecular weight excluding hydrogens is 244 g/mol. The van der Waals surface area contributed by atoms with Crippen molar-refractivity contribution in [2.45, 2.75) is 6.92 Å². The van der Waals surface area contributed by atoms with Crippen LogP contribution in [0.25, 0.3) is 32.7 Å². The van der Waals surface area contributed by atoms with Crippen molar-refractivity contribution in [3.05, 3.63) is 72.7 Å². The van der Waals surface area contributed by atoms with Gasteiger partial charge in [-0.15, -0.1) is 0 Å². The molecule has 1 nitrogen and oxygen atoms in total. The summed E-state index contributed by atoms with van der Waals surface area (Å²) in [7, 11) is 0. The molecule has 0 aliphatic carbocycles. The Morgan fingerprint density at radius 2 is 1.40 bits per heavy atom. The van der Waals surface area contributed by atoms with Crippen LogP contribution in [0.3, 0.4) is 0 Å². The van der Waals surface area contributed by atoms with Crippen molar-refractivity contribution in [1.29, 1.82) is 0 Å². The number of hydrogen-bond acceptors (Lipinski definition) is 1.